The van der Waals surface area contributed by atoms with Crippen molar-refractivity contribution in [1.29, 1.82) is 0 Å². The maximum absolute atomic E-state index is 6.14. The van der Waals surface area contributed by atoms with Crippen LogP contribution in [0.2, 0.25) is 5.02 Å². The second-order valence-electron chi connectivity index (χ2n) is 4.61. The summed E-state index contributed by atoms with van der Waals surface area (Å²) in [5.74, 6) is 1.60. The Bertz CT molecular complexity index is 361. The first kappa shape index (κ1) is 12.6. The average molecular weight is 254 g/mol. The lowest BCUT2D eigenvalue weighted by atomic mass is 10.1. The van der Waals surface area contributed by atoms with Gasteiger partial charge in [0.05, 0.1) is 11.6 Å². The molecular weight excluding hydrogens is 234 g/mol. The lowest BCUT2D eigenvalue weighted by Gasteiger charge is -2.13. The maximum Gasteiger partial charge on any atom is 0.138 e. The minimum absolute atomic E-state index is 0.647. The van der Waals surface area contributed by atoms with Gasteiger partial charge in [0.2, 0.25) is 0 Å². The molecule has 0 atom stereocenters. The summed E-state index contributed by atoms with van der Waals surface area (Å²) in [5, 5.41) is 4.14. The monoisotopic (exact) mass is 253 g/mol. The van der Waals surface area contributed by atoms with E-state index in [0.29, 0.717) is 11.6 Å². The van der Waals surface area contributed by atoms with Gasteiger partial charge < -0.3 is 10.1 Å². The van der Waals surface area contributed by atoms with Gasteiger partial charge in [-0.15, -0.1) is 0 Å². The Labute approximate surface area is 108 Å². The van der Waals surface area contributed by atoms with E-state index in [9.17, 15) is 0 Å². The fraction of sp³-hybridized carbons (Fsp3) is 0.571. The van der Waals surface area contributed by atoms with Crippen LogP contribution in [0.25, 0.3) is 0 Å². The third-order valence-electron chi connectivity index (χ3n) is 3.30. The third kappa shape index (κ3) is 3.53. The molecule has 1 aliphatic carbocycles. The lowest BCUT2D eigenvalue weighted by molar-refractivity contribution is 0.340. The fourth-order valence-corrected chi connectivity index (χ4v) is 2.60. The van der Waals surface area contributed by atoms with E-state index in [2.05, 4.69) is 5.32 Å². The number of hydrogen-bond acceptors (Lipinski definition) is 2. The minimum atomic E-state index is 0.647. The molecule has 0 radical (unpaired) electrons. The molecule has 0 saturated heterocycles. The molecule has 0 amide bonds. The van der Waals surface area contributed by atoms with E-state index in [4.69, 9.17) is 16.3 Å². The van der Waals surface area contributed by atoms with E-state index in [1.807, 2.05) is 25.1 Å². The van der Waals surface area contributed by atoms with Crippen LogP contribution in [0.4, 0.5) is 5.69 Å². The van der Waals surface area contributed by atoms with E-state index in [1.54, 1.807) is 0 Å². The van der Waals surface area contributed by atoms with Crippen molar-refractivity contribution >= 4 is 17.3 Å². The SMILES string of the molecule is CCOc1ccc(NCC2CCCC2)cc1Cl. The van der Waals surface area contributed by atoms with Crippen molar-refractivity contribution < 1.29 is 4.74 Å². The summed E-state index contributed by atoms with van der Waals surface area (Å²) >= 11 is 6.14. The predicted molar refractivity (Wildman–Crippen MR) is 73.1 cm³/mol. The molecule has 0 bridgehead atoms. The van der Waals surface area contributed by atoms with Gasteiger partial charge in [-0.2, -0.15) is 0 Å². The van der Waals surface area contributed by atoms with Gasteiger partial charge in [-0.05, 0) is 43.9 Å². The fourth-order valence-electron chi connectivity index (χ4n) is 2.36. The van der Waals surface area contributed by atoms with Crippen molar-refractivity contribution in [3.05, 3.63) is 23.2 Å². The topological polar surface area (TPSA) is 21.3 Å². The van der Waals surface area contributed by atoms with Crippen LogP contribution >= 0.6 is 11.6 Å². The number of hydrogen-bond donors (Lipinski definition) is 1. The molecule has 0 unspecified atom stereocenters. The Morgan fingerprint density at radius 3 is 2.76 bits per heavy atom. The summed E-state index contributed by atoms with van der Waals surface area (Å²) < 4.78 is 5.41. The molecule has 0 spiro atoms. The van der Waals surface area contributed by atoms with Gasteiger partial charge in [-0.3, -0.25) is 0 Å². The molecule has 94 valence electrons. The van der Waals surface area contributed by atoms with Gasteiger partial charge in [0, 0.05) is 12.2 Å². The van der Waals surface area contributed by atoms with Crippen LogP contribution in [0.1, 0.15) is 32.6 Å². The van der Waals surface area contributed by atoms with Crippen LogP contribution in [-0.4, -0.2) is 13.2 Å². The van der Waals surface area contributed by atoms with E-state index >= 15 is 0 Å². The Kier molecular flexibility index (Phi) is 4.55. The minimum Gasteiger partial charge on any atom is -0.492 e. The van der Waals surface area contributed by atoms with E-state index < -0.39 is 0 Å². The Hall–Kier alpha value is -0.890. The standard InChI is InChI=1S/C14H20ClNO/c1-2-17-14-8-7-12(9-13(14)15)16-10-11-5-3-4-6-11/h7-9,11,16H,2-6,10H2,1H3. The van der Waals surface area contributed by atoms with Crippen LogP contribution in [0.15, 0.2) is 18.2 Å². The number of halogens is 1. The number of rotatable bonds is 5. The van der Waals surface area contributed by atoms with Gasteiger partial charge in [-0.1, -0.05) is 24.4 Å². The average Bonchev–Trinajstić information content (AvgIpc) is 2.83. The third-order valence-corrected chi connectivity index (χ3v) is 3.60. The summed E-state index contributed by atoms with van der Waals surface area (Å²) in [4.78, 5) is 0. The maximum atomic E-state index is 6.14. The quantitative estimate of drug-likeness (QED) is 0.843. The van der Waals surface area contributed by atoms with Gasteiger partial charge >= 0.3 is 0 Å². The molecule has 1 aromatic carbocycles. The van der Waals surface area contributed by atoms with E-state index in [-0.39, 0.29) is 0 Å². The number of anilines is 1. The van der Waals surface area contributed by atoms with E-state index in [1.165, 1.54) is 25.7 Å². The van der Waals surface area contributed by atoms with Crippen LogP contribution in [0.3, 0.4) is 0 Å². The van der Waals surface area contributed by atoms with Crippen molar-refractivity contribution in [1.82, 2.24) is 0 Å². The first-order valence-corrected chi connectivity index (χ1v) is 6.83. The van der Waals surface area contributed by atoms with Gasteiger partial charge in [0.15, 0.2) is 0 Å². The number of benzene rings is 1. The van der Waals surface area contributed by atoms with Crippen molar-refractivity contribution in [2.45, 2.75) is 32.6 Å². The summed E-state index contributed by atoms with van der Waals surface area (Å²) in [5.41, 5.74) is 1.09. The summed E-state index contributed by atoms with van der Waals surface area (Å²) in [6.45, 7) is 3.67. The van der Waals surface area contributed by atoms with Gasteiger partial charge in [0.1, 0.15) is 5.75 Å². The Morgan fingerprint density at radius 1 is 1.35 bits per heavy atom. The highest BCUT2D eigenvalue weighted by atomic mass is 35.5. The second kappa shape index (κ2) is 6.15. The molecule has 1 N–H and O–H groups in total. The smallest absolute Gasteiger partial charge is 0.138 e. The lowest BCUT2D eigenvalue weighted by Crippen LogP contribution is -2.10. The zero-order valence-corrected chi connectivity index (χ0v) is 11.1. The van der Waals surface area contributed by atoms with Crippen molar-refractivity contribution in [3.63, 3.8) is 0 Å². The molecule has 0 heterocycles. The second-order valence-corrected chi connectivity index (χ2v) is 5.02. The molecule has 3 heteroatoms. The Balaban J connectivity index is 1.90. The number of ether oxygens (including phenoxy) is 1. The molecule has 1 fully saturated rings. The summed E-state index contributed by atoms with van der Waals surface area (Å²) in [6.07, 6.45) is 5.49. The summed E-state index contributed by atoms with van der Waals surface area (Å²) in [6, 6.07) is 5.91. The highest BCUT2D eigenvalue weighted by Gasteiger charge is 2.14. The largest absolute Gasteiger partial charge is 0.492 e. The molecule has 0 aromatic heterocycles. The first-order chi connectivity index (χ1) is 8.29. The van der Waals surface area contributed by atoms with E-state index in [0.717, 1.165) is 23.9 Å². The van der Waals surface area contributed by atoms with Crippen LogP contribution < -0.4 is 10.1 Å². The molecule has 2 nitrogen and oxygen atoms in total. The molecule has 1 saturated carbocycles. The molecule has 17 heavy (non-hydrogen) atoms. The predicted octanol–water partition coefficient (Wildman–Crippen LogP) is 4.34. The zero-order chi connectivity index (χ0) is 12.1. The molecule has 2 rings (SSSR count). The Morgan fingerprint density at radius 2 is 2.12 bits per heavy atom. The van der Waals surface area contributed by atoms with Crippen molar-refractivity contribution in [3.8, 4) is 5.75 Å². The van der Waals surface area contributed by atoms with Gasteiger partial charge in [-0.25, -0.2) is 0 Å². The summed E-state index contributed by atoms with van der Waals surface area (Å²) in [7, 11) is 0. The van der Waals surface area contributed by atoms with Crippen molar-refractivity contribution in [2.75, 3.05) is 18.5 Å². The van der Waals surface area contributed by atoms with Crippen molar-refractivity contribution in [2.24, 2.45) is 5.92 Å². The van der Waals surface area contributed by atoms with Crippen LogP contribution in [-0.2, 0) is 0 Å². The first-order valence-electron chi connectivity index (χ1n) is 6.46. The highest BCUT2D eigenvalue weighted by molar-refractivity contribution is 6.32. The molecule has 1 aliphatic rings. The van der Waals surface area contributed by atoms with Gasteiger partial charge in [0.25, 0.3) is 0 Å². The molecule has 1 aromatic rings. The number of nitrogens with one attached hydrogen (secondary N) is 1. The molecule has 0 aliphatic heterocycles. The zero-order valence-electron chi connectivity index (χ0n) is 10.3. The normalized spacial score (nSPS) is 16.1. The highest BCUT2D eigenvalue weighted by Crippen LogP contribution is 2.29. The van der Waals surface area contributed by atoms with Crippen LogP contribution in [0.5, 0.6) is 5.75 Å². The molecular formula is C14H20ClNO. The van der Waals surface area contributed by atoms with Crippen LogP contribution in [0, 0.1) is 5.92 Å².